The number of nitrogens with zero attached hydrogens (tertiary/aromatic N) is 2. The van der Waals surface area contributed by atoms with Gasteiger partial charge < -0.3 is 14.7 Å². The molecule has 1 saturated heterocycles. The van der Waals surface area contributed by atoms with E-state index >= 15 is 0 Å². The van der Waals surface area contributed by atoms with E-state index in [-0.39, 0.29) is 23.4 Å². The summed E-state index contributed by atoms with van der Waals surface area (Å²) in [6.45, 7) is 0.526. The van der Waals surface area contributed by atoms with Gasteiger partial charge in [0.1, 0.15) is 23.4 Å². The molecule has 5 rings (SSSR count). The molecule has 9 heteroatoms. The highest BCUT2D eigenvalue weighted by Crippen LogP contribution is 2.42. The van der Waals surface area contributed by atoms with Crippen LogP contribution in [0.4, 0.5) is 0 Å². The molecule has 3 aromatic rings. The van der Waals surface area contributed by atoms with Crippen molar-refractivity contribution in [3.8, 4) is 0 Å². The van der Waals surface area contributed by atoms with E-state index in [9.17, 15) is 19.6 Å². The number of hydrogen-bond acceptors (Lipinski definition) is 8. The van der Waals surface area contributed by atoms with Crippen molar-refractivity contribution in [2.24, 2.45) is 0 Å². The topological polar surface area (TPSA) is 99.2 Å². The number of amides is 1. The molecule has 3 unspecified atom stereocenters. The highest BCUT2D eigenvalue weighted by atomic mass is 32.2. The predicted octanol–water partition coefficient (Wildman–Crippen LogP) is 4.48. The number of ether oxygens (including phenoxy) is 1. The van der Waals surface area contributed by atoms with Crippen LogP contribution < -0.4 is 5.32 Å². The van der Waals surface area contributed by atoms with Crippen LogP contribution in [0.5, 0.6) is 0 Å². The quantitative estimate of drug-likeness (QED) is 0.139. The number of hydrogen-bond donors (Lipinski definition) is 2. The summed E-state index contributed by atoms with van der Waals surface area (Å²) in [6.07, 6.45) is 3.49. The Morgan fingerprint density at radius 2 is 1.64 bits per heavy atom. The van der Waals surface area contributed by atoms with Crippen molar-refractivity contribution in [1.29, 1.82) is 0 Å². The third kappa shape index (κ3) is 6.55. The lowest BCUT2D eigenvalue weighted by Gasteiger charge is -2.50. The van der Waals surface area contributed by atoms with Crippen molar-refractivity contribution in [1.82, 2.24) is 15.3 Å². The van der Waals surface area contributed by atoms with Gasteiger partial charge in [0.15, 0.2) is 6.10 Å². The van der Waals surface area contributed by atoms with Crippen LogP contribution in [0, 0.1) is 0 Å². The predicted molar refractivity (Wildman–Crippen MR) is 161 cm³/mol. The number of carbonyl (C=O) groups is 3. The van der Waals surface area contributed by atoms with Crippen LogP contribution in [0.25, 0.3) is 0 Å². The van der Waals surface area contributed by atoms with Gasteiger partial charge in [-0.2, -0.15) is 5.06 Å². The summed E-state index contributed by atoms with van der Waals surface area (Å²) < 4.78 is 6.19. The zero-order valence-corrected chi connectivity index (χ0v) is 24.0. The fourth-order valence-electron chi connectivity index (χ4n) is 5.07. The minimum absolute atomic E-state index is 0.0739. The maximum atomic E-state index is 14.0. The molecular formula is C33H33N3O5S. The van der Waals surface area contributed by atoms with Crippen LogP contribution in [0.3, 0.4) is 0 Å². The van der Waals surface area contributed by atoms with Gasteiger partial charge >= 0.3 is 5.97 Å². The van der Waals surface area contributed by atoms with Crippen LogP contribution in [0.2, 0.25) is 0 Å². The number of carbonyl (C=O) groups excluding carboxylic acids is 3. The number of benzene rings is 3. The fraction of sp³-hybridized carbons (Fsp3) is 0.242. The van der Waals surface area contributed by atoms with Crippen molar-refractivity contribution in [3.63, 3.8) is 0 Å². The highest BCUT2D eigenvalue weighted by Gasteiger charge is 2.53. The molecule has 8 nitrogen and oxygen atoms in total. The van der Waals surface area contributed by atoms with E-state index in [0.29, 0.717) is 17.9 Å². The van der Waals surface area contributed by atoms with Crippen LogP contribution in [-0.4, -0.2) is 63.6 Å². The van der Waals surface area contributed by atoms with Gasteiger partial charge in [-0.05, 0) is 22.3 Å². The van der Waals surface area contributed by atoms with E-state index in [2.05, 4.69) is 5.32 Å². The zero-order chi connectivity index (χ0) is 29.5. The molecular weight excluding hydrogens is 550 g/mol. The molecule has 42 heavy (non-hydrogen) atoms. The molecule has 3 aromatic carbocycles. The Morgan fingerprint density at radius 3 is 2.21 bits per heavy atom. The summed E-state index contributed by atoms with van der Waals surface area (Å²) in [5.74, 6) is -0.374. The Kier molecular flexibility index (Phi) is 9.66. The summed E-state index contributed by atoms with van der Waals surface area (Å²) in [5.41, 5.74) is 3.45. The molecule has 1 fully saturated rings. The lowest BCUT2D eigenvalue weighted by atomic mass is 10.00. The van der Waals surface area contributed by atoms with E-state index in [1.54, 1.807) is 23.9 Å². The summed E-state index contributed by atoms with van der Waals surface area (Å²) in [4.78, 5) is 40.3. The van der Waals surface area contributed by atoms with Gasteiger partial charge in [0.05, 0.1) is 6.04 Å². The van der Waals surface area contributed by atoms with Gasteiger partial charge in [-0.1, -0.05) is 103 Å². The van der Waals surface area contributed by atoms with Crippen molar-refractivity contribution < 1.29 is 24.3 Å². The first kappa shape index (κ1) is 29.5. The van der Waals surface area contributed by atoms with E-state index in [4.69, 9.17) is 4.74 Å². The van der Waals surface area contributed by atoms with Crippen LogP contribution in [0.1, 0.15) is 29.2 Å². The van der Waals surface area contributed by atoms with Gasteiger partial charge in [-0.25, -0.2) is 4.79 Å². The average Bonchev–Trinajstić information content (AvgIpc) is 3.02. The third-order valence-corrected chi connectivity index (χ3v) is 8.63. The molecule has 2 N–H and O–H groups in total. The normalized spacial score (nSPS) is 19.1. The molecule has 0 radical (unpaired) electrons. The Labute approximate surface area is 249 Å². The molecule has 0 aliphatic carbocycles. The molecule has 0 saturated carbocycles. The molecule has 0 aromatic heterocycles. The minimum atomic E-state index is -0.680. The largest absolute Gasteiger partial charge is 0.448 e. The second-order valence-electron chi connectivity index (χ2n) is 10.1. The van der Waals surface area contributed by atoms with Gasteiger partial charge in [-0.15, -0.1) is 11.8 Å². The van der Waals surface area contributed by atoms with Crippen molar-refractivity contribution in [2.75, 3.05) is 12.8 Å². The summed E-state index contributed by atoms with van der Waals surface area (Å²) >= 11 is 1.55. The van der Waals surface area contributed by atoms with Crippen LogP contribution in [0.15, 0.2) is 114 Å². The SMILES string of the molecule is CN(O)C(/C=C/C1=C(C(=O)OC(c2ccccc2)c2ccccc2)N2C(=O)C(NCc3ccccc3)C2SC1)CC=O. The number of allylic oxidation sites excluding steroid dienone is 1. The summed E-state index contributed by atoms with van der Waals surface area (Å²) in [5, 5.41) is 14.0. The first-order chi connectivity index (χ1) is 20.5. The smallest absolute Gasteiger partial charge is 0.356 e. The second-order valence-corrected chi connectivity index (χ2v) is 11.2. The van der Waals surface area contributed by atoms with Gasteiger partial charge in [0.2, 0.25) is 5.91 Å². The van der Waals surface area contributed by atoms with Gasteiger partial charge in [0, 0.05) is 25.8 Å². The number of esters is 1. The van der Waals surface area contributed by atoms with Crippen molar-refractivity contribution >= 4 is 29.9 Å². The molecule has 2 aliphatic rings. The second kappa shape index (κ2) is 13.8. The molecule has 2 heterocycles. The van der Waals surface area contributed by atoms with Gasteiger partial charge in [0.25, 0.3) is 0 Å². The third-order valence-electron chi connectivity index (χ3n) is 7.33. The van der Waals surface area contributed by atoms with E-state index in [1.807, 2.05) is 91.0 Å². The van der Waals surface area contributed by atoms with Gasteiger partial charge in [-0.3, -0.25) is 15.0 Å². The van der Waals surface area contributed by atoms with E-state index < -0.39 is 24.2 Å². The maximum absolute atomic E-state index is 14.0. The Hall–Kier alpha value is -4.02. The Balaban J connectivity index is 1.46. The Bertz CT molecular complexity index is 1410. The minimum Gasteiger partial charge on any atom is -0.448 e. The van der Waals surface area contributed by atoms with Crippen LogP contribution in [-0.2, 0) is 25.7 Å². The van der Waals surface area contributed by atoms with Crippen LogP contribution >= 0.6 is 11.8 Å². The molecule has 0 bridgehead atoms. The molecule has 2 aliphatic heterocycles. The molecule has 216 valence electrons. The number of fused-ring (bicyclic) bond motifs is 1. The number of β-lactam (4-membered cyclic amide) rings is 1. The van der Waals surface area contributed by atoms with E-state index in [0.717, 1.165) is 28.0 Å². The fourth-order valence-corrected chi connectivity index (χ4v) is 6.41. The number of likely N-dealkylation sites (N-methyl/N-ethyl adjacent to an activating group) is 1. The highest BCUT2D eigenvalue weighted by molar-refractivity contribution is 8.00. The van der Waals surface area contributed by atoms with E-state index in [1.165, 1.54) is 11.9 Å². The first-order valence-electron chi connectivity index (χ1n) is 13.8. The number of rotatable bonds is 12. The summed E-state index contributed by atoms with van der Waals surface area (Å²) in [7, 11) is 1.46. The number of nitrogens with one attached hydrogen (secondary N) is 1. The maximum Gasteiger partial charge on any atom is 0.356 e. The Morgan fingerprint density at radius 1 is 1.05 bits per heavy atom. The number of hydroxylamine groups is 2. The lowest BCUT2D eigenvalue weighted by molar-refractivity contribution is -0.154. The number of thioether (sulfide) groups is 1. The standard InChI is InChI=1S/C33H33N3O5S/c1-35(40)27(19-20-37)18-17-26-22-42-32-28(34-21-23-11-5-2-6-12-23)31(38)36(32)29(26)33(39)41-30(24-13-7-3-8-14-24)25-15-9-4-10-16-25/h2-18,20,27-28,30,32,34,40H,19,21-22H2,1H3/b18-17+. The zero-order valence-electron chi connectivity index (χ0n) is 23.2. The van der Waals surface area contributed by atoms with Crippen molar-refractivity contribution in [3.05, 3.63) is 131 Å². The molecule has 0 spiro atoms. The lowest BCUT2D eigenvalue weighted by Crippen LogP contribution is -2.69. The first-order valence-corrected chi connectivity index (χ1v) is 14.8. The number of aldehydes is 1. The molecule has 1 amide bonds. The molecule has 3 atom stereocenters. The summed E-state index contributed by atoms with van der Waals surface area (Å²) in [6, 6.07) is 27.8. The monoisotopic (exact) mass is 583 g/mol. The van der Waals surface area contributed by atoms with Crippen molar-refractivity contribution in [2.45, 2.75) is 36.5 Å². The average molecular weight is 584 g/mol.